The van der Waals surface area contributed by atoms with E-state index in [1.54, 1.807) is 0 Å². The van der Waals surface area contributed by atoms with Gasteiger partial charge >= 0.3 is 0 Å². The van der Waals surface area contributed by atoms with Crippen LogP contribution in [0.5, 0.6) is 0 Å². The molecule has 2 fully saturated rings. The lowest BCUT2D eigenvalue weighted by Gasteiger charge is -2.06. The third-order valence-electron chi connectivity index (χ3n) is 3.59. The van der Waals surface area contributed by atoms with Gasteiger partial charge in [-0.2, -0.15) is 0 Å². The molecular weight excluding hydrogens is 124 g/mol. The minimum absolute atomic E-state index is 0.0451. The second-order valence-electron chi connectivity index (χ2n) is 4.24. The topological polar surface area (TPSA) is 17.1 Å². The van der Waals surface area contributed by atoms with Crippen LogP contribution >= 0.6 is 0 Å². The van der Waals surface area contributed by atoms with Gasteiger partial charge in [-0.3, -0.25) is 4.79 Å². The lowest BCUT2D eigenvalue weighted by molar-refractivity contribution is -0.114. The van der Waals surface area contributed by atoms with Crippen LogP contribution in [-0.4, -0.2) is 5.78 Å². The Morgan fingerprint density at radius 3 is 1.80 bits per heavy atom. The zero-order valence-electron chi connectivity index (χ0n) is 6.74. The first-order valence-corrected chi connectivity index (χ1v) is 4.16. The molecule has 0 unspecified atom stereocenters. The molecule has 1 spiro atoms. The number of Topliss-reactive ketones (excluding diaryl/α,β-unsaturated/α-hetero) is 1. The molecule has 0 saturated heterocycles. The quantitative estimate of drug-likeness (QED) is 0.501. The van der Waals surface area contributed by atoms with Gasteiger partial charge in [0.25, 0.3) is 0 Å². The number of carbonyl (C=O) groups excluding carboxylic acids is 1. The molecule has 1 heteroatoms. The van der Waals surface area contributed by atoms with Gasteiger partial charge in [0.15, 0.2) is 0 Å². The van der Waals surface area contributed by atoms with Crippen LogP contribution < -0.4 is 0 Å². The van der Waals surface area contributed by atoms with E-state index in [9.17, 15) is 4.79 Å². The van der Waals surface area contributed by atoms with Gasteiger partial charge in [-0.1, -0.05) is 26.7 Å². The van der Waals surface area contributed by atoms with Crippen LogP contribution in [0.2, 0.25) is 0 Å². The van der Waals surface area contributed by atoms with E-state index in [0.717, 1.165) is 0 Å². The van der Waals surface area contributed by atoms with Gasteiger partial charge in [-0.15, -0.1) is 0 Å². The van der Waals surface area contributed by atoms with Gasteiger partial charge in [-0.05, 0) is 12.8 Å². The summed E-state index contributed by atoms with van der Waals surface area (Å²) in [6.07, 6.45) is 4.88. The molecule has 1 nitrogen and oxygen atoms in total. The van der Waals surface area contributed by atoms with Crippen molar-refractivity contribution in [3.05, 3.63) is 0 Å². The highest BCUT2D eigenvalue weighted by atomic mass is 16.1. The van der Waals surface area contributed by atoms with Crippen molar-refractivity contribution in [1.82, 2.24) is 0 Å². The zero-order valence-corrected chi connectivity index (χ0v) is 6.74. The summed E-state index contributed by atoms with van der Waals surface area (Å²) in [6.45, 7) is 4.20. The molecule has 0 aromatic rings. The van der Waals surface area contributed by atoms with Gasteiger partial charge in [0.1, 0.15) is 5.78 Å². The van der Waals surface area contributed by atoms with E-state index < -0.39 is 0 Å². The first kappa shape index (κ1) is 6.38. The third kappa shape index (κ3) is 0.446. The predicted molar refractivity (Wildman–Crippen MR) is 39.7 cm³/mol. The molecule has 0 heterocycles. The SMILES string of the molecule is CC1(C)C(=O)C12CCCC2. The third-order valence-corrected chi connectivity index (χ3v) is 3.59. The van der Waals surface area contributed by atoms with Crippen molar-refractivity contribution in [2.75, 3.05) is 0 Å². The Labute approximate surface area is 61.8 Å². The fourth-order valence-electron chi connectivity index (χ4n) is 2.60. The van der Waals surface area contributed by atoms with Gasteiger partial charge in [0, 0.05) is 10.8 Å². The lowest BCUT2D eigenvalue weighted by Crippen LogP contribution is -2.01. The average Bonchev–Trinajstić information content (AvgIpc) is 2.43. The molecule has 2 rings (SSSR count). The Bertz CT molecular complexity index is 185. The Morgan fingerprint density at radius 2 is 1.60 bits per heavy atom. The summed E-state index contributed by atoms with van der Waals surface area (Å²) in [5.41, 5.74) is 0.205. The molecular formula is C9H14O. The largest absolute Gasteiger partial charge is 0.298 e. The highest BCUT2D eigenvalue weighted by Crippen LogP contribution is 2.67. The fraction of sp³-hybridized carbons (Fsp3) is 0.889. The molecule has 2 saturated carbocycles. The molecule has 2 aliphatic carbocycles. The second kappa shape index (κ2) is 1.46. The Balaban J connectivity index is 2.28. The van der Waals surface area contributed by atoms with Crippen molar-refractivity contribution in [3.63, 3.8) is 0 Å². The molecule has 0 aromatic carbocycles. The van der Waals surface area contributed by atoms with Gasteiger partial charge in [0.2, 0.25) is 0 Å². The summed E-state index contributed by atoms with van der Waals surface area (Å²) >= 11 is 0. The highest BCUT2D eigenvalue weighted by Gasteiger charge is 2.71. The number of hydrogen-bond acceptors (Lipinski definition) is 1. The molecule has 0 aromatic heterocycles. The van der Waals surface area contributed by atoms with Crippen molar-refractivity contribution in [1.29, 1.82) is 0 Å². The number of ketones is 1. The molecule has 0 N–H and O–H groups in total. The van der Waals surface area contributed by atoms with Crippen molar-refractivity contribution in [3.8, 4) is 0 Å². The number of rotatable bonds is 0. The summed E-state index contributed by atoms with van der Waals surface area (Å²) < 4.78 is 0. The predicted octanol–water partition coefficient (Wildman–Crippen LogP) is 2.16. The van der Waals surface area contributed by atoms with Crippen molar-refractivity contribution in [2.45, 2.75) is 39.5 Å². The summed E-state index contributed by atoms with van der Waals surface area (Å²) in [5.74, 6) is 0.525. The van der Waals surface area contributed by atoms with Crippen LogP contribution in [0.15, 0.2) is 0 Å². The van der Waals surface area contributed by atoms with Crippen LogP contribution in [0.1, 0.15) is 39.5 Å². The van der Waals surface area contributed by atoms with Crippen LogP contribution in [0, 0.1) is 10.8 Å². The van der Waals surface area contributed by atoms with Crippen LogP contribution in [0.25, 0.3) is 0 Å². The minimum Gasteiger partial charge on any atom is -0.298 e. The highest BCUT2D eigenvalue weighted by molar-refractivity contribution is 6.07. The molecule has 2 aliphatic rings. The zero-order chi connectivity index (χ0) is 7.41. The summed E-state index contributed by atoms with van der Waals surface area (Å²) in [7, 11) is 0. The van der Waals surface area contributed by atoms with Crippen LogP contribution in [0.4, 0.5) is 0 Å². The molecule has 10 heavy (non-hydrogen) atoms. The Hall–Kier alpha value is -0.330. The van der Waals surface area contributed by atoms with Crippen molar-refractivity contribution < 1.29 is 4.79 Å². The van der Waals surface area contributed by atoms with E-state index in [1.165, 1.54) is 25.7 Å². The Morgan fingerprint density at radius 1 is 1.20 bits per heavy atom. The van der Waals surface area contributed by atoms with Gasteiger partial charge in [0.05, 0.1) is 0 Å². The maximum Gasteiger partial charge on any atom is 0.146 e. The standard InChI is InChI=1S/C9H14O/c1-8(2)7(10)9(8)5-3-4-6-9/h3-6H2,1-2H3. The number of carbonyl (C=O) groups is 1. The second-order valence-corrected chi connectivity index (χ2v) is 4.24. The summed E-state index contributed by atoms with van der Waals surface area (Å²) in [6, 6.07) is 0. The smallest absolute Gasteiger partial charge is 0.146 e. The molecule has 0 bridgehead atoms. The van der Waals surface area contributed by atoms with Crippen LogP contribution in [0.3, 0.4) is 0 Å². The average molecular weight is 138 g/mol. The van der Waals surface area contributed by atoms with E-state index in [2.05, 4.69) is 13.8 Å². The first-order valence-electron chi connectivity index (χ1n) is 4.16. The van der Waals surface area contributed by atoms with Gasteiger partial charge in [-0.25, -0.2) is 0 Å². The van der Waals surface area contributed by atoms with E-state index in [0.29, 0.717) is 5.78 Å². The molecule has 0 radical (unpaired) electrons. The van der Waals surface area contributed by atoms with E-state index in [-0.39, 0.29) is 10.8 Å². The maximum atomic E-state index is 11.4. The summed E-state index contributed by atoms with van der Waals surface area (Å²) in [5, 5.41) is 0. The van der Waals surface area contributed by atoms with E-state index >= 15 is 0 Å². The van der Waals surface area contributed by atoms with Crippen LogP contribution in [-0.2, 0) is 4.79 Å². The fourth-order valence-corrected chi connectivity index (χ4v) is 2.60. The molecule has 56 valence electrons. The monoisotopic (exact) mass is 138 g/mol. The molecule has 0 aliphatic heterocycles. The normalized spacial score (nSPS) is 33.2. The van der Waals surface area contributed by atoms with Gasteiger partial charge < -0.3 is 0 Å². The summed E-state index contributed by atoms with van der Waals surface area (Å²) in [4.78, 5) is 11.4. The lowest BCUT2D eigenvalue weighted by atomic mass is 9.95. The van der Waals surface area contributed by atoms with Crippen molar-refractivity contribution >= 4 is 5.78 Å². The molecule has 0 atom stereocenters. The van der Waals surface area contributed by atoms with E-state index in [4.69, 9.17) is 0 Å². The van der Waals surface area contributed by atoms with E-state index in [1.807, 2.05) is 0 Å². The first-order chi connectivity index (χ1) is 4.61. The Kier molecular flexibility index (Phi) is 0.934. The minimum atomic E-state index is 0.0451. The maximum absolute atomic E-state index is 11.4. The van der Waals surface area contributed by atoms with Crippen molar-refractivity contribution in [2.24, 2.45) is 10.8 Å². The molecule has 0 amide bonds. The number of hydrogen-bond donors (Lipinski definition) is 0.